The molecule has 0 unspecified atom stereocenters. The molecule has 27 heavy (non-hydrogen) atoms. The summed E-state index contributed by atoms with van der Waals surface area (Å²) in [6.45, 7) is 4.38. The number of aryl methyl sites for hydroxylation is 1. The number of piperazine rings is 1. The Kier molecular flexibility index (Phi) is 4.15. The summed E-state index contributed by atoms with van der Waals surface area (Å²) in [5, 5.41) is 11.8. The molecule has 4 rings (SSSR count). The van der Waals surface area contributed by atoms with Gasteiger partial charge in [0.15, 0.2) is 0 Å². The number of hydrogen-bond acceptors (Lipinski definition) is 8. The number of aromatic nitrogens is 4. The zero-order chi connectivity index (χ0) is 19.0. The number of nitrogens with one attached hydrogen (secondary N) is 1. The van der Waals surface area contributed by atoms with Crippen LogP contribution in [0.15, 0.2) is 35.5 Å². The molecular weight excluding hydrogens is 350 g/mol. The van der Waals surface area contributed by atoms with Crippen molar-refractivity contribution in [1.82, 2.24) is 19.9 Å². The summed E-state index contributed by atoms with van der Waals surface area (Å²) in [7, 11) is 0. The maximum absolute atomic E-state index is 11.9. The molecule has 1 N–H and O–H groups in total. The van der Waals surface area contributed by atoms with Gasteiger partial charge in [0.2, 0.25) is 0 Å². The molecule has 10 heteroatoms. The minimum absolute atomic E-state index is 0.0904. The number of fused-ring (bicyclic) bond motifs is 1. The van der Waals surface area contributed by atoms with Crippen molar-refractivity contribution < 1.29 is 4.92 Å². The van der Waals surface area contributed by atoms with E-state index in [9.17, 15) is 14.9 Å². The van der Waals surface area contributed by atoms with Crippen LogP contribution in [0.1, 0.15) is 5.82 Å². The SMILES string of the molecule is Cc1nccc(N2CCN(c3cc4nc[nH]c(=O)c4cc3[N+](=O)[O-])CC2)n1. The molecule has 0 spiro atoms. The first-order valence-electron chi connectivity index (χ1n) is 8.48. The summed E-state index contributed by atoms with van der Waals surface area (Å²) in [4.78, 5) is 42.2. The van der Waals surface area contributed by atoms with E-state index in [4.69, 9.17) is 0 Å². The van der Waals surface area contributed by atoms with E-state index >= 15 is 0 Å². The van der Waals surface area contributed by atoms with E-state index in [2.05, 4.69) is 24.8 Å². The largest absolute Gasteiger partial charge is 0.362 e. The van der Waals surface area contributed by atoms with Crippen molar-refractivity contribution in [1.29, 1.82) is 0 Å². The molecule has 3 heterocycles. The van der Waals surface area contributed by atoms with Crippen LogP contribution in [0.5, 0.6) is 0 Å². The molecule has 1 aliphatic heterocycles. The highest BCUT2D eigenvalue weighted by molar-refractivity contribution is 5.87. The smallest absolute Gasteiger partial charge is 0.293 e. The second kappa shape index (κ2) is 6.63. The highest BCUT2D eigenvalue weighted by Gasteiger charge is 2.25. The molecule has 0 saturated carbocycles. The number of rotatable bonds is 3. The van der Waals surface area contributed by atoms with Gasteiger partial charge in [0.05, 0.1) is 22.2 Å². The lowest BCUT2D eigenvalue weighted by atomic mass is 10.1. The molecule has 3 aromatic rings. The first-order valence-corrected chi connectivity index (χ1v) is 8.48. The van der Waals surface area contributed by atoms with Crippen molar-refractivity contribution in [3.05, 3.63) is 57.0 Å². The first-order chi connectivity index (χ1) is 13.0. The van der Waals surface area contributed by atoms with Crippen molar-refractivity contribution >= 4 is 28.1 Å². The fraction of sp³-hybridized carbons (Fsp3) is 0.294. The Bertz CT molecular complexity index is 1070. The zero-order valence-corrected chi connectivity index (χ0v) is 14.6. The van der Waals surface area contributed by atoms with Gasteiger partial charge in [-0.15, -0.1) is 0 Å². The number of H-pyrrole nitrogens is 1. The molecule has 138 valence electrons. The van der Waals surface area contributed by atoms with E-state index in [0.717, 1.165) is 5.82 Å². The number of nitro benzene ring substituents is 1. The van der Waals surface area contributed by atoms with Crippen LogP contribution in [-0.4, -0.2) is 51.0 Å². The van der Waals surface area contributed by atoms with Crippen LogP contribution < -0.4 is 15.4 Å². The predicted molar refractivity (Wildman–Crippen MR) is 100 cm³/mol. The summed E-state index contributed by atoms with van der Waals surface area (Å²) >= 11 is 0. The van der Waals surface area contributed by atoms with Gasteiger partial charge >= 0.3 is 0 Å². The van der Waals surface area contributed by atoms with E-state index in [1.54, 1.807) is 12.3 Å². The van der Waals surface area contributed by atoms with Crippen molar-refractivity contribution in [3.8, 4) is 0 Å². The van der Waals surface area contributed by atoms with Crippen LogP contribution in [-0.2, 0) is 0 Å². The Morgan fingerprint density at radius 3 is 2.59 bits per heavy atom. The van der Waals surface area contributed by atoms with E-state index in [1.807, 2.05) is 17.9 Å². The molecule has 1 saturated heterocycles. The summed E-state index contributed by atoms with van der Waals surface area (Å²) in [5.74, 6) is 1.56. The van der Waals surface area contributed by atoms with Gasteiger partial charge < -0.3 is 14.8 Å². The third-order valence-electron chi connectivity index (χ3n) is 4.64. The van der Waals surface area contributed by atoms with Gasteiger partial charge in [-0.1, -0.05) is 0 Å². The van der Waals surface area contributed by atoms with Gasteiger partial charge in [0, 0.05) is 38.4 Å². The molecule has 0 bridgehead atoms. The van der Waals surface area contributed by atoms with Crippen LogP contribution in [0.2, 0.25) is 0 Å². The average molecular weight is 367 g/mol. The number of anilines is 2. The van der Waals surface area contributed by atoms with Gasteiger partial charge in [-0.25, -0.2) is 15.0 Å². The molecule has 10 nitrogen and oxygen atoms in total. The Morgan fingerprint density at radius 1 is 1.15 bits per heavy atom. The van der Waals surface area contributed by atoms with Crippen molar-refractivity contribution in [3.63, 3.8) is 0 Å². The quantitative estimate of drug-likeness (QED) is 0.542. The zero-order valence-electron chi connectivity index (χ0n) is 14.6. The topological polar surface area (TPSA) is 121 Å². The van der Waals surface area contributed by atoms with Crippen LogP contribution in [0.25, 0.3) is 10.9 Å². The summed E-state index contributed by atoms with van der Waals surface area (Å²) in [6.07, 6.45) is 3.02. The molecular formula is C17H17N7O3. The number of aromatic amines is 1. The Morgan fingerprint density at radius 2 is 1.89 bits per heavy atom. The monoisotopic (exact) mass is 367 g/mol. The van der Waals surface area contributed by atoms with Crippen LogP contribution in [0.3, 0.4) is 0 Å². The van der Waals surface area contributed by atoms with Gasteiger partial charge in [0.25, 0.3) is 11.2 Å². The van der Waals surface area contributed by atoms with Crippen molar-refractivity contribution in [2.24, 2.45) is 0 Å². The lowest BCUT2D eigenvalue weighted by Crippen LogP contribution is -2.47. The number of nitrogens with zero attached hydrogens (tertiary/aromatic N) is 6. The number of nitro groups is 1. The molecule has 2 aromatic heterocycles. The lowest BCUT2D eigenvalue weighted by molar-refractivity contribution is -0.384. The normalized spacial score (nSPS) is 14.6. The van der Waals surface area contributed by atoms with Crippen LogP contribution in [0, 0.1) is 17.0 Å². The second-order valence-corrected chi connectivity index (χ2v) is 6.28. The Balaban J connectivity index is 1.64. The number of hydrogen-bond donors (Lipinski definition) is 1. The fourth-order valence-corrected chi connectivity index (χ4v) is 3.29. The molecule has 0 atom stereocenters. The minimum atomic E-state index is -0.457. The van der Waals surface area contributed by atoms with Gasteiger partial charge in [0.1, 0.15) is 17.3 Å². The Labute approximate surface area is 153 Å². The summed E-state index contributed by atoms with van der Waals surface area (Å²) in [5.41, 5.74) is 0.434. The number of benzene rings is 1. The van der Waals surface area contributed by atoms with Crippen LogP contribution in [0.4, 0.5) is 17.2 Å². The standard InChI is InChI=1S/C17H17N7O3/c1-11-18-3-2-16(21-11)23-6-4-22(5-7-23)14-9-13-12(8-15(14)24(26)27)17(25)20-10-19-13/h2-3,8-10H,4-7H2,1H3,(H,19,20,25). The van der Waals surface area contributed by atoms with Gasteiger partial charge in [-0.2, -0.15) is 0 Å². The molecule has 0 radical (unpaired) electrons. The predicted octanol–water partition coefficient (Wildman–Crippen LogP) is 1.26. The van der Waals surface area contributed by atoms with Crippen molar-refractivity contribution in [2.45, 2.75) is 6.92 Å². The third-order valence-corrected chi connectivity index (χ3v) is 4.64. The van der Waals surface area contributed by atoms with E-state index in [-0.39, 0.29) is 11.1 Å². The van der Waals surface area contributed by atoms with E-state index < -0.39 is 10.5 Å². The Hall–Kier alpha value is -3.56. The molecule has 1 aliphatic rings. The lowest BCUT2D eigenvalue weighted by Gasteiger charge is -2.36. The van der Waals surface area contributed by atoms with Crippen LogP contribution >= 0.6 is 0 Å². The molecule has 1 fully saturated rings. The first kappa shape index (κ1) is 16.9. The fourth-order valence-electron chi connectivity index (χ4n) is 3.29. The summed E-state index contributed by atoms with van der Waals surface area (Å²) < 4.78 is 0. The maximum Gasteiger partial charge on any atom is 0.293 e. The minimum Gasteiger partial charge on any atom is -0.362 e. The second-order valence-electron chi connectivity index (χ2n) is 6.28. The molecule has 0 amide bonds. The highest BCUT2D eigenvalue weighted by Crippen LogP contribution is 2.32. The van der Waals surface area contributed by atoms with Gasteiger partial charge in [-0.05, 0) is 19.1 Å². The van der Waals surface area contributed by atoms with Gasteiger partial charge in [-0.3, -0.25) is 14.9 Å². The van der Waals surface area contributed by atoms with Crippen molar-refractivity contribution in [2.75, 3.05) is 36.0 Å². The maximum atomic E-state index is 11.9. The molecule has 1 aromatic carbocycles. The molecule has 0 aliphatic carbocycles. The summed E-state index contributed by atoms with van der Waals surface area (Å²) in [6, 6.07) is 4.78. The van der Waals surface area contributed by atoms with E-state index in [0.29, 0.717) is 43.2 Å². The average Bonchev–Trinajstić information content (AvgIpc) is 2.67. The highest BCUT2D eigenvalue weighted by atomic mass is 16.6. The van der Waals surface area contributed by atoms with E-state index in [1.165, 1.54) is 12.4 Å². The third kappa shape index (κ3) is 3.16.